The third-order valence-electron chi connectivity index (χ3n) is 6.38. The fraction of sp³-hybridized carbons (Fsp3) is 0.226. The predicted molar refractivity (Wildman–Crippen MR) is 156 cm³/mol. The van der Waals surface area contributed by atoms with E-state index in [9.17, 15) is 14.4 Å². The van der Waals surface area contributed by atoms with Gasteiger partial charge in [-0.3, -0.25) is 14.5 Å². The van der Waals surface area contributed by atoms with Crippen LogP contribution in [0.15, 0.2) is 72.9 Å². The Kier molecular flexibility index (Phi) is 7.47. The van der Waals surface area contributed by atoms with Crippen LogP contribution in [0.5, 0.6) is 5.75 Å². The van der Waals surface area contributed by atoms with Crippen LogP contribution in [-0.2, 0) is 11.3 Å². The highest BCUT2D eigenvalue weighted by Gasteiger charge is 2.34. The molecule has 3 heterocycles. The van der Waals surface area contributed by atoms with Crippen molar-refractivity contribution in [1.29, 1.82) is 0 Å². The standard InChI is InChI=1S/C31H31N5O5/c1-31(2,3)41-30(39)36-17-23-26(24(37)18-36)28(33-21-8-6-5-7-9-21)27(34-23)20-14-15-32-25(16-20)35-29(38)19-10-12-22(40-4)13-11-19/h5-16,33-34H,17-18H2,1-4H3,(H,32,35,38). The van der Waals surface area contributed by atoms with Gasteiger partial charge in [0.05, 0.1) is 37.1 Å². The molecule has 4 aromatic rings. The number of fused-ring (bicyclic) bond motifs is 1. The zero-order valence-corrected chi connectivity index (χ0v) is 23.3. The van der Waals surface area contributed by atoms with E-state index in [0.29, 0.717) is 45.3 Å². The maximum Gasteiger partial charge on any atom is 0.411 e. The topological polar surface area (TPSA) is 126 Å². The number of hydrogen-bond acceptors (Lipinski definition) is 7. The summed E-state index contributed by atoms with van der Waals surface area (Å²) in [5, 5.41) is 6.21. The van der Waals surface area contributed by atoms with Gasteiger partial charge in [0.2, 0.25) is 0 Å². The van der Waals surface area contributed by atoms with Gasteiger partial charge in [0.1, 0.15) is 17.2 Å². The number of benzene rings is 2. The molecule has 0 saturated heterocycles. The number of carbonyl (C=O) groups excluding carboxylic acids is 3. The summed E-state index contributed by atoms with van der Waals surface area (Å²) in [6, 6.07) is 19.8. The highest BCUT2D eigenvalue weighted by molar-refractivity contribution is 6.09. The molecule has 1 aliphatic heterocycles. The highest BCUT2D eigenvalue weighted by Crippen LogP contribution is 2.38. The van der Waals surface area contributed by atoms with E-state index < -0.39 is 11.7 Å². The molecule has 0 radical (unpaired) electrons. The number of aromatic nitrogens is 2. The number of rotatable bonds is 6. The molecule has 210 valence electrons. The van der Waals surface area contributed by atoms with Gasteiger partial charge in [-0.2, -0.15) is 0 Å². The number of H-pyrrole nitrogens is 1. The Bertz CT molecular complexity index is 1590. The van der Waals surface area contributed by atoms with Crippen LogP contribution in [0.1, 0.15) is 47.2 Å². The molecule has 0 unspecified atom stereocenters. The molecule has 0 fully saturated rings. The third-order valence-corrected chi connectivity index (χ3v) is 6.38. The van der Waals surface area contributed by atoms with Gasteiger partial charge < -0.3 is 25.1 Å². The van der Waals surface area contributed by atoms with Crippen molar-refractivity contribution in [2.45, 2.75) is 32.9 Å². The number of anilines is 3. The molecule has 0 spiro atoms. The summed E-state index contributed by atoms with van der Waals surface area (Å²) in [6.07, 6.45) is 1.03. The monoisotopic (exact) mass is 553 g/mol. The summed E-state index contributed by atoms with van der Waals surface area (Å²) in [5.41, 5.74) is 3.51. The summed E-state index contributed by atoms with van der Waals surface area (Å²) in [7, 11) is 1.56. The number of pyridine rings is 1. The van der Waals surface area contributed by atoms with E-state index in [1.807, 2.05) is 30.3 Å². The Balaban J connectivity index is 1.49. The molecule has 10 nitrogen and oxygen atoms in total. The normalized spacial score (nSPS) is 12.9. The van der Waals surface area contributed by atoms with Crippen molar-refractivity contribution < 1.29 is 23.9 Å². The number of para-hydroxylation sites is 1. The number of methoxy groups -OCH3 is 1. The first-order valence-electron chi connectivity index (χ1n) is 13.1. The molecular weight excluding hydrogens is 522 g/mol. The Hall–Kier alpha value is -5.12. The number of carbonyl (C=O) groups is 3. The van der Waals surface area contributed by atoms with Crippen molar-refractivity contribution in [2.75, 3.05) is 24.3 Å². The van der Waals surface area contributed by atoms with E-state index in [2.05, 4.69) is 20.6 Å². The fourth-order valence-corrected chi connectivity index (χ4v) is 4.53. The van der Waals surface area contributed by atoms with Crippen LogP contribution >= 0.6 is 0 Å². The largest absolute Gasteiger partial charge is 0.497 e. The van der Waals surface area contributed by atoms with Crippen molar-refractivity contribution in [1.82, 2.24) is 14.9 Å². The Labute approximate surface area is 237 Å². The molecule has 5 rings (SSSR count). The number of ether oxygens (including phenoxy) is 2. The minimum absolute atomic E-state index is 0.109. The fourth-order valence-electron chi connectivity index (χ4n) is 4.53. The highest BCUT2D eigenvalue weighted by atomic mass is 16.6. The van der Waals surface area contributed by atoms with E-state index in [1.165, 1.54) is 4.90 Å². The number of hydrogen-bond donors (Lipinski definition) is 3. The first-order chi connectivity index (χ1) is 19.6. The van der Waals surface area contributed by atoms with Crippen LogP contribution in [0.4, 0.5) is 22.0 Å². The van der Waals surface area contributed by atoms with Crippen molar-refractivity contribution >= 4 is 35.0 Å². The van der Waals surface area contributed by atoms with Gasteiger partial charge in [-0.25, -0.2) is 9.78 Å². The molecule has 0 atom stereocenters. The number of nitrogens with zero attached hydrogens (tertiary/aromatic N) is 2. The van der Waals surface area contributed by atoms with E-state index in [1.54, 1.807) is 70.5 Å². The van der Waals surface area contributed by atoms with Crippen LogP contribution in [0.2, 0.25) is 0 Å². The Morgan fingerprint density at radius 1 is 1.00 bits per heavy atom. The second-order valence-corrected chi connectivity index (χ2v) is 10.6. The number of aromatic amines is 1. The second-order valence-electron chi connectivity index (χ2n) is 10.6. The lowest BCUT2D eigenvalue weighted by Crippen LogP contribution is -2.42. The van der Waals surface area contributed by atoms with Gasteiger partial charge in [-0.05, 0) is 69.3 Å². The molecule has 41 heavy (non-hydrogen) atoms. The molecule has 10 heteroatoms. The van der Waals surface area contributed by atoms with Gasteiger partial charge in [-0.1, -0.05) is 18.2 Å². The lowest BCUT2D eigenvalue weighted by molar-refractivity contribution is 0.0218. The molecule has 0 saturated carbocycles. The van der Waals surface area contributed by atoms with Crippen molar-refractivity contribution in [3.05, 3.63) is 89.7 Å². The maximum absolute atomic E-state index is 13.4. The van der Waals surface area contributed by atoms with Gasteiger partial charge >= 0.3 is 6.09 Å². The van der Waals surface area contributed by atoms with Crippen LogP contribution in [-0.4, -0.2) is 51.9 Å². The lowest BCUT2D eigenvalue weighted by Gasteiger charge is -2.29. The van der Waals surface area contributed by atoms with E-state index >= 15 is 0 Å². The van der Waals surface area contributed by atoms with Gasteiger partial charge in [0, 0.05) is 28.7 Å². The lowest BCUT2D eigenvalue weighted by atomic mass is 10.0. The van der Waals surface area contributed by atoms with E-state index in [-0.39, 0.29) is 24.8 Å². The SMILES string of the molecule is COc1ccc(C(=O)Nc2cc(-c3[nH]c4c(c3Nc3ccccc3)C(=O)CN(C(=O)OC(C)(C)C)C4)ccn2)cc1. The minimum atomic E-state index is -0.689. The molecular formula is C31H31N5O5. The van der Waals surface area contributed by atoms with Crippen molar-refractivity contribution in [2.24, 2.45) is 0 Å². The average Bonchev–Trinajstić information content (AvgIpc) is 3.31. The van der Waals surface area contributed by atoms with Crippen LogP contribution in [0.3, 0.4) is 0 Å². The third kappa shape index (κ3) is 6.22. The molecule has 2 aromatic carbocycles. The molecule has 0 bridgehead atoms. The Morgan fingerprint density at radius 3 is 2.41 bits per heavy atom. The molecule has 2 amide bonds. The minimum Gasteiger partial charge on any atom is -0.497 e. The molecule has 1 aliphatic rings. The summed E-state index contributed by atoms with van der Waals surface area (Å²) >= 11 is 0. The van der Waals surface area contributed by atoms with Crippen molar-refractivity contribution in [3.8, 4) is 17.0 Å². The summed E-state index contributed by atoms with van der Waals surface area (Å²) in [4.78, 5) is 48.2. The maximum atomic E-state index is 13.4. The second kappa shape index (κ2) is 11.2. The Morgan fingerprint density at radius 2 is 1.73 bits per heavy atom. The predicted octanol–water partition coefficient (Wildman–Crippen LogP) is 6.01. The first-order valence-corrected chi connectivity index (χ1v) is 13.1. The molecule has 3 N–H and O–H groups in total. The zero-order valence-electron chi connectivity index (χ0n) is 23.3. The summed E-state index contributed by atoms with van der Waals surface area (Å²) in [6.45, 7) is 5.41. The van der Waals surface area contributed by atoms with Crippen molar-refractivity contribution in [3.63, 3.8) is 0 Å². The van der Waals surface area contributed by atoms with Crippen LogP contribution in [0, 0.1) is 0 Å². The molecule has 2 aromatic heterocycles. The van der Waals surface area contributed by atoms with Crippen LogP contribution in [0.25, 0.3) is 11.3 Å². The van der Waals surface area contributed by atoms with Gasteiger partial charge in [-0.15, -0.1) is 0 Å². The van der Waals surface area contributed by atoms with E-state index in [0.717, 1.165) is 5.69 Å². The summed E-state index contributed by atoms with van der Waals surface area (Å²) < 4.78 is 10.7. The number of Topliss-reactive ketones (excluding diaryl/α,β-unsaturated/α-hetero) is 1. The average molecular weight is 554 g/mol. The smallest absolute Gasteiger partial charge is 0.411 e. The first kappa shape index (κ1) is 27.4. The van der Waals surface area contributed by atoms with E-state index in [4.69, 9.17) is 9.47 Å². The quantitative estimate of drug-likeness (QED) is 0.267. The van der Waals surface area contributed by atoms with Gasteiger partial charge in [0.15, 0.2) is 5.78 Å². The summed E-state index contributed by atoms with van der Waals surface area (Å²) in [5.74, 6) is 0.438. The number of ketones is 1. The number of nitrogens with one attached hydrogen (secondary N) is 3. The zero-order chi connectivity index (χ0) is 29.1. The number of amides is 2. The van der Waals surface area contributed by atoms with Crippen LogP contribution < -0.4 is 15.4 Å². The molecule has 0 aliphatic carbocycles. The van der Waals surface area contributed by atoms with Gasteiger partial charge in [0.25, 0.3) is 5.91 Å².